The Morgan fingerprint density at radius 2 is 1.73 bits per heavy atom. The zero-order valence-corrected chi connectivity index (χ0v) is 16.7. The molecule has 0 unspecified atom stereocenters. The molecule has 30 heavy (non-hydrogen) atoms. The summed E-state index contributed by atoms with van der Waals surface area (Å²) >= 11 is 0. The number of alkyl halides is 3. The van der Waals surface area contributed by atoms with Gasteiger partial charge in [0.05, 0.1) is 6.61 Å². The van der Waals surface area contributed by atoms with Gasteiger partial charge < -0.3 is 14.4 Å². The van der Waals surface area contributed by atoms with Crippen LogP contribution in [0.2, 0.25) is 0 Å². The van der Waals surface area contributed by atoms with Gasteiger partial charge in [-0.2, -0.15) is 18.2 Å². The molecule has 0 bridgehead atoms. The van der Waals surface area contributed by atoms with E-state index in [4.69, 9.17) is 9.47 Å². The number of ether oxygens (including phenoxy) is 2. The second kappa shape index (κ2) is 9.47. The van der Waals surface area contributed by atoms with Gasteiger partial charge in [0.2, 0.25) is 11.8 Å². The van der Waals surface area contributed by atoms with Crippen LogP contribution in [0.25, 0.3) is 0 Å². The van der Waals surface area contributed by atoms with Crippen LogP contribution in [0.5, 0.6) is 11.6 Å². The molecule has 0 amide bonds. The van der Waals surface area contributed by atoms with E-state index in [1.165, 1.54) is 0 Å². The number of anilines is 2. The molecule has 0 aliphatic heterocycles. The molecule has 1 heterocycles. The summed E-state index contributed by atoms with van der Waals surface area (Å²) < 4.78 is 51.4. The summed E-state index contributed by atoms with van der Waals surface area (Å²) in [7, 11) is 0. The maximum absolute atomic E-state index is 13.5. The zero-order valence-electron chi connectivity index (χ0n) is 16.7. The van der Waals surface area contributed by atoms with Crippen LogP contribution in [0.15, 0.2) is 60.8 Å². The molecular weight excluding hydrogens is 395 g/mol. The van der Waals surface area contributed by atoms with Crippen LogP contribution in [0.4, 0.5) is 24.8 Å². The Labute approximate surface area is 173 Å². The zero-order chi connectivity index (χ0) is 21.6. The van der Waals surface area contributed by atoms with Crippen molar-refractivity contribution < 1.29 is 22.6 Å². The molecule has 5 nitrogen and oxygen atoms in total. The fourth-order valence-corrected chi connectivity index (χ4v) is 2.87. The predicted octanol–water partition coefficient (Wildman–Crippen LogP) is 5.63. The van der Waals surface area contributed by atoms with Gasteiger partial charge >= 0.3 is 6.18 Å². The molecule has 0 aliphatic carbocycles. The van der Waals surface area contributed by atoms with Gasteiger partial charge in [-0.3, -0.25) is 0 Å². The fourth-order valence-electron chi connectivity index (χ4n) is 2.87. The second-order valence-electron chi connectivity index (χ2n) is 6.34. The quantitative estimate of drug-likeness (QED) is 0.475. The van der Waals surface area contributed by atoms with Gasteiger partial charge in [0.15, 0.2) is 0 Å². The van der Waals surface area contributed by atoms with Gasteiger partial charge in [-0.15, -0.1) is 0 Å². The molecule has 0 fully saturated rings. The monoisotopic (exact) mass is 417 g/mol. The number of aromatic nitrogens is 2. The molecule has 2 aromatic carbocycles. The Bertz CT molecular complexity index is 965. The minimum atomic E-state index is -4.63. The van der Waals surface area contributed by atoms with Gasteiger partial charge in [0.1, 0.15) is 17.9 Å². The molecule has 0 N–H and O–H groups in total. The van der Waals surface area contributed by atoms with Crippen LogP contribution in [0.1, 0.15) is 25.0 Å². The first kappa shape index (κ1) is 21.4. The third kappa shape index (κ3) is 5.20. The van der Waals surface area contributed by atoms with E-state index >= 15 is 0 Å². The van der Waals surface area contributed by atoms with Crippen LogP contribution in [-0.2, 0) is 12.8 Å². The van der Waals surface area contributed by atoms with Gasteiger partial charge in [-0.25, -0.2) is 4.98 Å². The molecular formula is C22H22F3N3O2. The van der Waals surface area contributed by atoms with Crippen LogP contribution in [-0.4, -0.2) is 23.1 Å². The van der Waals surface area contributed by atoms with Crippen LogP contribution < -0.4 is 14.4 Å². The van der Waals surface area contributed by atoms with Crippen molar-refractivity contribution in [2.75, 3.05) is 18.1 Å². The highest BCUT2D eigenvalue weighted by atomic mass is 19.4. The van der Waals surface area contributed by atoms with E-state index in [2.05, 4.69) is 9.97 Å². The number of nitrogens with zero attached hydrogens (tertiary/aromatic N) is 3. The lowest BCUT2D eigenvalue weighted by atomic mass is 10.2. The van der Waals surface area contributed by atoms with E-state index in [0.29, 0.717) is 24.6 Å². The van der Waals surface area contributed by atoms with Crippen molar-refractivity contribution in [3.8, 4) is 11.6 Å². The molecule has 0 spiro atoms. The first-order valence-electron chi connectivity index (χ1n) is 9.53. The Hall–Kier alpha value is -3.29. The van der Waals surface area contributed by atoms with Crippen molar-refractivity contribution in [1.29, 1.82) is 0 Å². The second-order valence-corrected chi connectivity index (χ2v) is 6.34. The molecule has 3 aromatic rings. The van der Waals surface area contributed by atoms with Gasteiger partial charge in [-0.05, 0) is 31.5 Å². The largest absolute Gasteiger partial charge is 0.494 e. The number of benzene rings is 2. The summed E-state index contributed by atoms with van der Waals surface area (Å²) in [6.45, 7) is 4.65. The van der Waals surface area contributed by atoms with Crippen molar-refractivity contribution in [2.24, 2.45) is 0 Å². The maximum Gasteiger partial charge on any atom is 0.423 e. The van der Waals surface area contributed by atoms with Gasteiger partial charge in [0.25, 0.3) is 0 Å². The minimum Gasteiger partial charge on any atom is -0.494 e. The Balaban J connectivity index is 1.94. The highest BCUT2D eigenvalue weighted by Gasteiger charge is 2.36. The first-order valence-corrected chi connectivity index (χ1v) is 9.53. The molecule has 1 aromatic heterocycles. The molecule has 0 radical (unpaired) electrons. The fraction of sp³-hybridized carbons (Fsp3) is 0.273. The van der Waals surface area contributed by atoms with E-state index in [1.54, 1.807) is 41.3 Å². The number of hydrogen-bond donors (Lipinski definition) is 0. The molecule has 158 valence electrons. The standard InChI is InChI=1S/C22H22F3N3O2/c1-3-28(17-11-8-12-18(13-17)29-4-2)21-26-14-19(22(23,24)25)20(27-21)30-15-16-9-6-5-7-10-16/h5-14H,3-4,15H2,1-2H3. The van der Waals surface area contributed by atoms with E-state index in [9.17, 15) is 13.2 Å². The van der Waals surface area contributed by atoms with Crippen molar-refractivity contribution in [2.45, 2.75) is 26.6 Å². The van der Waals surface area contributed by atoms with E-state index in [1.807, 2.05) is 32.0 Å². The topological polar surface area (TPSA) is 47.5 Å². The lowest BCUT2D eigenvalue weighted by Gasteiger charge is -2.23. The number of halogens is 3. The molecule has 8 heteroatoms. The summed E-state index contributed by atoms with van der Waals surface area (Å²) in [5.41, 5.74) is 0.432. The van der Waals surface area contributed by atoms with Crippen molar-refractivity contribution >= 4 is 11.6 Å². The van der Waals surface area contributed by atoms with Crippen LogP contribution in [0, 0.1) is 0 Å². The van der Waals surface area contributed by atoms with Crippen LogP contribution in [0.3, 0.4) is 0 Å². The third-order valence-electron chi connectivity index (χ3n) is 4.26. The highest BCUT2D eigenvalue weighted by molar-refractivity contribution is 5.59. The van der Waals surface area contributed by atoms with Crippen molar-refractivity contribution in [3.63, 3.8) is 0 Å². The van der Waals surface area contributed by atoms with Crippen LogP contribution >= 0.6 is 0 Å². The Morgan fingerprint density at radius 1 is 0.967 bits per heavy atom. The first-order chi connectivity index (χ1) is 14.4. The molecule has 0 aliphatic rings. The van der Waals surface area contributed by atoms with E-state index in [-0.39, 0.29) is 12.6 Å². The molecule has 0 saturated heterocycles. The SMILES string of the molecule is CCOc1cccc(N(CC)c2ncc(C(F)(F)F)c(OCc3ccccc3)n2)c1. The van der Waals surface area contributed by atoms with Gasteiger partial charge in [-0.1, -0.05) is 36.4 Å². The normalized spacial score (nSPS) is 11.2. The summed E-state index contributed by atoms with van der Waals surface area (Å²) in [4.78, 5) is 9.76. The smallest absolute Gasteiger partial charge is 0.423 e. The Kier molecular flexibility index (Phi) is 6.76. The molecule has 3 rings (SSSR count). The van der Waals surface area contributed by atoms with E-state index in [0.717, 1.165) is 11.8 Å². The lowest BCUT2D eigenvalue weighted by molar-refractivity contribution is -0.139. The third-order valence-corrected chi connectivity index (χ3v) is 4.26. The Morgan fingerprint density at radius 3 is 2.40 bits per heavy atom. The summed E-state index contributed by atoms with van der Waals surface area (Å²) in [6.07, 6.45) is -3.87. The van der Waals surface area contributed by atoms with Crippen molar-refractivity contribution in [1.82, 2.24) is 9.97 Å². The van der Waals surface area contributed by atoms with Gasteiger partial charge in [0, 0.05) is 24.5 Å². The summed E-state index contributed by atoms with van der Waals surface area (Å²) in [5.74, 6) is 0.263. The van der Waals surface area contributed by atoms with Crippen molar-refractivity contribution in [3.05, 3.63) is 71.9 Å². The predicted molar refractivity (Wildman–Crippen MR) is 108 cm³/mol. The molecule has 0 saturated carbocycles. The molecule has 0 atom stereocenters. The summed E-state index contributed by atoms with van der Waals surface area (Å²) in [6, 6.07) is 16.2. The lowest BCUT2D eigenvalue weighted by Crippen LogP contribution is -2.21. The average molecular weight is 417 g/mol. The number of rotatable bonds is 8. The number of hydrogen-bond acceptors (Lipinski definition) is 5. The highest BCUT2D eigenvalue weighted by Crippen LogP contribution is 2.36. The minimum absolute atomic E-state index is 0.0354. The average Bonchev–Trinajstić information content (AvgIpc) is 2.73. The maximum atomic E-state index is 13.5. The van der Waals surface area contributed by atoms with E-state index < -0.39 is 17.6 Å². The summed E-state index contributed by atoms with van der Waals surface area (Å²) in [5, 5.41) is 0.